The summed E-state index contributed by atoms with van der Waals surface area (Å²) in [6.07, 6.45) is 0.587. The predicted molar refractivity (Wildman–Crippen MR) is 56.7 cm³/mol. The molecular weight excluding hydrogens is 200 g/mol. The van der Waals surface area contributed by atoms with Gasteiger partial charge < -0.3 is 9.84 Å². The molecule has 0 spiro atoms. The molecule has 0 bridgehead atoms. The van der Waals surface area contributed by atoms with Crippen molar-refractivity contribution in [2.45, 2.75) is 25.9 Å². The molecule has 14 heavy (non-hydrogen) atoms. The summed E-state index contributed by atoms with van der Waals surface area (Å²) < 4.78 is 5.62. The summed E-state index contributed by atoms with van der Waals surface area (Å²) in [5.41, 5.74) is -0.376. The van der Waals surface area contributed by atoms with Gasteiger partial charge in [-0.2, -0.15) is 0 Å². The number of aliphatic hydroxyl groups excluding tert-OH is 1. The van der Waals surface area contributed by atoms with Crippen LogP contribution in [0.25, 0.3) is 0 Å². The van der Waals surface area contributed by atoms with Crippen molar-refractivity contribution in [2.24, 2.45) is 0 Å². The van der Waals surface area contributed by atoms with E-state index in [2.05, 4.69) is 6.07 Å². The fourth-order valence-electron chi connectivity index (χ4n) is 1.07. The number of rotatable bonds is 4. The van der Waals surface area contributed by atoms with Crippen LogP contribution in [0.4, 0.5) is 0 Å². The van der Waals surface area contributed by atoms with E-state index in [1.807, 2.05) is 13.8 Å². The van der Waals surface area contributed by atoms with E-state index in [1.54, 1.807) is 18.2 Å². The van der Waals surface area contributed by atoms with Crippen LogP contribution in [0, 0.1) is 6.07 Å². The van der Waals surface area contributed by atoms with Crippen molar-refractivity contribution >= 4 is 11.6 Å². The minimum Gasteiger partial charge on any atom is -0.487 e. The normalized spacial score (nSPS) is 11.4. The maximum atomic E-state index is 8.81. The van der Waals surface area contributed by atoms with E-state index < -0.39 is 0 Å². The van der Waals surface area contributed by atoms with Crippen molar-refractivity contribution in [3.8, 4) is 5.75 Å². The molecule has 0 heterocycles. The van der Waals surface area contributed by atoms with E-state index in [9.17, 15) is 0 Å². The first-order chi connectivity index (χ1) is 6.53. The Morgan fingerprint density at radius 1 is 1.50 bits per heavy atom. The lowest BCUT2D eigenvalue weighted by molar-refractivity contribution is 0.0762. The van der Waals surface area contributed by atoms with Crippen LogP contribution in [-0.4, -0.2) is 17.3 Å². The second kappa shape index (κ2) is 4.67. The third kappa shape index (κ3) is 3.56. The maximum absolute atomic E-state index is 8.81. The maximum Gasteiger partial charge on any atom is 0.128 e. The molecule has 0 amide bonds. The summed E-state index contributed by atoms with van der Waals surface area (Å²) in [4.78, 5) is 0. The molecular formula is C11H14ClO2. The third-order valence-electron chi connectivity index (χ3n) is 1.85. The minimum atomic E-state index is -0.376. The summed E-state index contributed by atoms with van der Waals surface area (Å²) in [7, 11) is 0. The number of ether oxygens (including phenoxy) is 1. The van der Waals surface area contributed by atoms with Gasteiger partial charge in [0, 0.05) is 24.1 Å². The lowest BCUT2D eigenvalue weighted by Crippen LogP contribution is -2.29. The lowest BCUT2D eigenvalue weighted by atomic mass is 10.1. The van der Waals surface area contributed by atoms with E-state index in [0.717, 1.165) is 0 Å². The van der Waals surface area contributed by atoms with Gasteiger partial charge in [-0.1, -0.05) is 11.6 Å². The molecule has 0 aliphatic carbocycles. The molecule has 1 aromatic carbocycles. The molecule has 0 unspecified atom stereocenters. The van der Waals surface area contributed by atoms with Crippen molar-refractivity contribution in [3.63, 3.8) is 0 Å². The first-order valence-electron chi connectivity index (χ1n) is 4.51. The molecule has 1 N–H and O–H groups in total. The highest BCUT2D eigenvalue weighted by Gasteiger charge is 2.18. The molecule has 77 valence electrons. The van der Waals surface area contributed by atoms with Gasteiger partial charge in [-0.3, -0.25) is 0 Å². The summed E-state index contributed by atoms with van der Waals surface area (Å²) in [6, 6.07) is 8.09. The summed E-state index contributed by atoms with van der Waals surface area (Å²) in [5.74, 6) is 0.646. The summed E-state index contributed by atoms with van der Waals surface area (Å²) >= 11 is 5.72. The molecule has 0 aliphatic rings. The minimum absolute atomic E-state index is 0.112. The van der Waals surface area contributed by atoms with E-state index in [1.165, 1.54) is 0 Å². The van der Waals surface area contributed by atoms with Gasteiger partial charge in [0.1, 0.15) is 11.4 Å². The van der Waals surface area contributed by atoms with Crippen LogP contribution in [0.1, 0.15) is 20.3 Å². The zero-order chi connectivity index (χ0) is 10.6. The average Bonchev–Trinajstić information content (AvgIpc) is 2.08. The fraction of sp³-hybridized carbons (Fsp3) is 0.455. The highest BCUT2D eigenvalue weighted by atomic mass is 35.5. The van der Waals surface area contributed by atoms with Gasteiger partial charge in [0.2, 0.25) is 0 Å². The number of hydrogen-bond donors (Lipinski definition) is 1. The van der Waals surface area contributed by atoms with Gasteiger partial charge in [-0.25, -0.2) is 0 Å². The van der Waals surface area contributed by atoms with E-state index in [4.69, 9.17) is 21.4 Å². The molecule has 0 fully saturated rings. The van der Waals surface area contributed by atoms with Crippen molar-refractivity contribution in [3.05, 3.63) is 29.3 Å². The Hall–Kier alpha value is -0.730. The molecule has 2 nitrogen and oxygen atoms in total. The Morgan fingerprint density at radius 2 is 2.21 bits per heavy atom. The van der Waals surface area contributed by atoms with E-state index in [0.29, 0.717) is 17.2 Å². The van der Waals surface area contributed by atoms with Gasteiger partial charge >= 0.3 is 0 Å². The van der Waals surface area contributed by atoms with Gasteiger partial charge in [-0.15, -0.1) is 0 Å². The molecule has 0 aliphatic heterocycles. The SMILES string of the molecule is CC(C)(CCO)Oc1[c]cc(Cl)cc1. The molecule has 1 rings (SSSR count). The molecule has 1 aromatic rings. The van der Waals surface area contributed by atoms with Crippen LogP contribution >= 0.6 is 11.6 Å². The van der Waals surface area contributed by atoms with Crippen LogP contribution in [-0.2, 0) is 0 Å². The fourth-order valence-corrected chi connectivity index (χ4v) is 1.19. The predicted octanol–water partition coefficient (Wildman–Crippen LogP) is 2.68. The third-order valence-corrected chi connectivity index (χ3v) is 2.08. The zero-order valence-electron chi connectivity index (χ0n) is 8.38. The largest absolute Gasteiger partial charge is 0.487 e. The number of benzene rings is 1. The standard InChI is InChI=1S/C11H14ClO2/c1-11(2,7-8-13)14-10-5-3-9(12)4-6-10/h3-5,13H,7-8H2,1-2H3. The van der Waals surface area contributed by atoms with Crippen LogP contribution in [0.3, 0.4) is 0 Å². The second-order valence-corrected chi connectivity index (χ2v) is 4.14. The highest BCUT2D eigenvalue weighted by Crippen LogP contribution is 2.21. The van der Waals surface area contributed by atoms with Crippen LogP contribution in [0.15, 0.2) is 18.2 Å². The molecule has 0 saturated heterocycles. The Labute approximate surface area is 89.5 Å². The number of aliphatic hydroxyl groups is 1. The average molecular weight is 214 g/mol. The Balaban J connectivity index is 2.64. The highest BCUT2D eigenvalue weighted by molar-refractivity contribution is 6.30. The van der Waals surface area contributed by atoms with Crippen molar-refractivity contribution in [1.82, 2.24) is 0 Å². The van der Waals surface area contributed by atoms with Crippen LogP contribution in [0.2, 0.25) is 5.02 Å². The number of hydrogen-bond acceptors (Lipinski definition) is 2. The molecule has 0 atom stereocenters. The quantitative estimate of drug-likeness (QED) is 0.834. The van der Waals surface area contributed by atoms with E-state index >= 15 is 0 Å². The van der Waals surface area contributed by atoms with Crippen molar-refractivity contribution < 1.29 is 9.84 Å². The van der Waals surface area contributed by atoms with Gasteiger partial charge in [0.05, 0.1) is 0 Å². The first kappa shape index (κ1) is 11.3. The lowest BCUT2D eigenvalue weighted by Gasteiger charge is -2.25. The zero-order valence-corrected chi connectivity index (χ0v) is 9.14. The van der Waals surface area contributed by atoms with Crippen LogP contribution in [0.5, 0.6) is 5.75 Å². The summed E-state index contributed by atoms with van der Waals surface area (Å²) in [6.45, 7) is 3.96. The Morgan fingerprint density at radius 3 is 2.71 bits per heavy atom. The van der Waals surface area contributed by atoms with Gasteiger partial charge in [-0.05, 0) is 32.0 Å². The Kier molecular flexibility index (Phi) is 3.78. The molecule has 1 radical (unpaired) electrons. The van der Waals surface area contributed by atoms with Crippen LogP contribution < -0.4 is 4.74 Å². The first-order valence-corrected chi connectivity index (χ1v) is 4.88. The molecule has 0 saturated carbocycles. The summed E-state index contributed by atoms with van der Waals surface area (Å²) in [5, 5.41) is 9.45. The number of halogens is 1. The monoisotopic (exact) mass is 213 g/mol. The van der Waals surface area contributed by atoms with Gasteiger partial charge in [0.15, 0.2) is 0 Å². The Bertz CT molecular complexity index is 280. The van der Waals surface area contributed by atoms with E-state index in [-0.39, 0.29) is 12.2 Å². The van der Waals surface area contributed by atoms with Gasteiger partial charge in [0.25, 0.3) is 0 Å². The van der Waals surface area contributed by atoms with Crippen molar-refractivity contribution in [1.29, 1.82) is 0 Å². The molecule has 3 heteroatoms. The molecule has 0 aromatic heterocycles. The van der Waals surface area contributed by atoms with Crippen molar-refractivity contribution in [2.75, 3.05) is 6.61 Å². The second-order valence-electron chi connectivity index (χ2n) is 3.71. The smallest absolute Gasteiger partial charge is 0.128 e. The topological polar surface area (TPSA) is 29.5 Å².